The van der Waals surface area contributed by atoms with E-state index in [-0.39, 0.29) is 17.9 Å². The number of rotatable bonds is 5. The van der Waals surface area contributed by atoms with Gasteiger partial charge in [0.25, 0.3) is 0 Å². The fraction of sp³-hybridized carbons (Fsp3) is 0.263. The third-order valence-electron chi connectivity index (χ3n) is 4.43. The molecule has 2 aromatic heterocycles. The first-order valence-corrected chi connectivity index (χ1v) is 8.40. The number of pyridine rings is 1. The van der Waals surface area contributed by atoms with E-state index in [1.165, 1.54) is 12.1 Å². The second-order valence-corrected chi connectivity index (χ2v) is 6.32. The highest BCUT2D eigenvalue weighted by Crippen LogP contribution is 2.28. The Labute approximate surface area is 145 Å². The molecule has 0 spiro atoms. The molecule has 6 heteroatoms. The predicted octanol–water partition coefficient (Wildman–Crippen LogP) is 3.35. The van der Waals surface area contributed by atoms with Crippen molar-refractivity contribution in [2.45, 2.75) is 32.0 Å². The summed E-state index contributed by atoms with van der Waals surface area (Å²) in [5.41, 5.74) is 2.74. The summed E-state index contributed by atoms with van der Waals surface area (Å²) in [5.74, 6) is -0.276. The summed E-state index contributed by atoms with van der Waals surface area (Å²) in [5, 5.41) is 2.94. The standard InChI is InChI=1S/C19H19FN4O/c20-15-6-4-14(5-7-15)11-22-19(25)24(16-8-9-16)13-17-12-21-18-3-1-2-10-23(17)18/h1-7,10,12,16H,8-9,11,13H2,(H,22,25). The fourth-order valence-electron chi connectivity index (χ4n) is 2.91. The number of amides is 2. The second-order valence-electron chi connectivity index (χ2n) is 6.32. The summed E-state index contributed by atoms with van der Waals surface area (Å²) >= 11 is 0. The van der Waals surface area contributed by atoms with Crippen LogP contribution < -0.4 is 5.32 Å². The number of hydrogen-bond acceptors (Lipinski definition) is 2. The van der Waals surface area contributed by atoms with Gasteiger partial charge in [0, 0.05) is 18.8 Å². The van der Waals surface area contributed by atoms with E-state index < -0.39 is 0 Å². The molecule has 4 rings (SSSR count). The van der Waals surface area contributed by atoms with Gasteiger partial charge < -0.3 is 14.6 Å². The zero-order valence-corrected chi connectivity index (χ0v) is 13.7. The largest absolute Gasteiger partial charge is 0.334 e. The summed E-state index contributed by atoms with van der Waals surface area (Å²) < 4.78 is 15.0. The van der Waals surface area contributed by atoms with Gasteiger partial charge in [0.2, 0.25) is 0 Å². The molecule has 1 aliphatic rings. The summed E-state index contributed by atoms with van der Waals surface area (Å²) in [4.78, 5) is 18.9. The smallest absolute Gasteiger partial charge is 0.318 e. The van der Waals surface area contributed by atoms with Crippen LogP contribution in [0.1, 0.15) is 24.1 Å². The van der Waals surface area contributed by atoms with Crippen molar-refractivity contribution in [2.24, 2.45) is 0 Å². The number of nitrogens with one attached hydrogen (secondary N) is 1. The molecule has 0 atom stereocenters. The summed E-state index contributed by atoms with van der Waals surface area (Å²) in [6.45, 7) is 0.903. The predicted molar refractivity (Wildman–Crippen MR) is 92.4 cm³/mol. The first kappa shape index (κ1) is 15.6. The molecular weight excluding hydrogens is 319 g/mol. The number of fused-ring (bicyclic) bond motifs is 1. The Bertz CT molecular complexity index is 886. The monoisotopic (exact) mass is 338 g/mol. The van der Waals surface area contributed by atoms with Crippen molar-refractivity contribution < 1.29 is 9.18 Å². The van der Waals surface area contributed by atoms with Crippen molar-refractivity contribution in [3.8, 4) is 0 Å². The van der Waals surface area contributed by atoms with Crippen molar-refractivity contribution in [2.75, 3.05) is 0 Å². The van der Waals surface area contributed by atoms with Crippen molar-refractivity contribution in [1.82, 2.24) is 19.6 Å². The van der Waals surface area contributed by atoms with Crippen molar-refractivity contribution in [3.05, 3.63) is 71.9 Å². The highest BCUT2D eigenvalue weighted by molar-refractivity contribution is 5.75. The number of nitrogens with zero attached hydrogens (tertiary/aromatic N) is 3. The van der Waals surface area contributed by atoms with E-state index >= 15 is 0 Å². The highest BCUT2D eigenvalue weighted by atomic mass is 19.1. The van der Waals surface area contributed by atoms with Gasteiger partial charge in [-0.25, -0.2) is 14.2 Å². The number of imidazole rings is 1. The van der Waals surface area contributed by atoms with Gasteiger partial charge in [-0.3, -0.25) is 0 Å². The molecule has 25 heavy (non-hydrogen) atoms. The maximum absolute atomic E-state index is 13.0. The molecule has 0 bridgehead atoms. The molecular formula is C19H19FN4O. The molecule has 1 fully saturated rings. The lowest BCUT2D eigenvalue weighted by Crippen LogP contribution is -2.40. The Kier molecular flexibility index (Phi) is 4.09. The lowest BCUT2D eigenvalue weighted by atomic mass is 10.2. The van der Waals surface area contributed by atoms with Gasteiger partial charge in [0.1, 0.15) is 11.5 Å². The molecule has 0 saturated heterocycles. The Morgan fingerprint density at radius 3 is 2.80 bits per heavy atom. The minimum Gasteiger partial charge on any atom is -0.334 e. The number of carbonyl (C=O) groups is 1. The van der Waals surface area contributed by atoms with Crippen LogP contribution in [0.3, 0.4) is 0 Å². The van der Waals surface area contributed by atoms with Crippen LogP contribution in [0.25, 0.3) is 5.65 Å². The summed E-state index contributed by atoms with van der Waals surface area (Å²) in [6, 6.07) is 12.2. The van der Waals surface area contributed by atoms with E-state index in [2.05, 4.69) is 10.3 Å². The van der Waals surface area contributed by atoms with Crippen molar-refractivity contribution in [1.29, 1.82) is 0 Å². The first-order chi connectivity index (χ1) is 12.2. The Balaban J connectivity index is 1.45. The maximum Gasteiger partial charge on any atom is 0.318 e. The van der Waals surface area contributed by atoms with Crippen LogP contribution in [0.5, 0.6) is 0 Å². The van der Waals surface area contributed by atoms with Crippen LogP contribution in [0.15, 0.2) is 54.9 Å². The molecule has 3 aromatic rings. The lowest BCUT2D eigenvalue weighted by molar-refractivity contribution is 0.190. The van der Waals surface area contributed by atoms with Gasteiger partial charge in [-0.1, -0.05) is 18.2 Å². The van der Waals surface area contributed by atoms with Crippen LogP contribution in [-0.4, -0.2) is 26.4 Å². The molecule has 2 amide bonds. The molecule has 1 N–H and O–H groups in total. The van der Waals surface area contributed by atoms with Gasteiger partial charge in [-0.15, -0.1) is 0 Å². The SMILES string of the molecule is O=C(NCc1ccc(F)cc1)N(Cc1cnc2ccccn12)C1CC1. The molecule has 1 aliphatic carbocycles. The highest BCUT2D eigenvalue weighted by Gasteiger charge is 2.33. The third kappa shape index (κ3) is 3.47. The molecule has 128 valence electrons. The van der Waals surface area contributed by atoms with Gasteiger partial charge in [-0.05, 0) is 42.7 Å². The van der Waals surface area contributed by atoms with Crippen LogP contribution >= 0.6 is 0 Å². The normalized spacial score (nSPS) is 13.8. The molecule has 5 nitrogen and oxygen atoms in total. The Hall–Kier alpha value is -2.89. The van der Waals surface area contributed by atoms with Crippen LogP contribution in [0, 0.1) is 5.82 Å². The first-order valence-electron chi connectivity index (χ1n) is 8.40. The van der Waals surface area contributed by atoms with Crippen molar-refractivity contribution >= 4 is 11.7 Å². The topological polar surface area (TPSA) is 49.6 Å². The van der Waals surface area contributed by atoms with E-state index in [0.717, 1.165) is 29.7 Å². The molecule has 0 aliphatic heterocycles. The van der Waals surface area contributed by atoms with Crippen LogP contribution in [0.4, 0.5) is 9.18 Å². The molecule has 2 heterocycles. The van der Waals surface area contributed by atoms with Crippen LogP contribution in [0.2, 0.25) is 0 Å². The van der Waals surface area contributed by atoms with Gasteiger partial charge in [0.05, 0.1) is 18.4 Å². The van der Waals surface area contributed by atoms with E-state index in [0.29, 0.717) is 13.1 Å². The average Bonchev–Trinajstić information content (AvgIpc) is 3.39. The molecule has 1 aromatic carbocycles. The van der Waals surface area contributed by atoms with E-state index in [1.807, 2.05) is 39.9 Å². The minimum atomic E-state index is -0.276. The minimum absolute atomic E-state index is 0.0993. The van der Waals surface area contributed by atoms with E-state index in [4.69, 9.17) is 0 Å². The fourth-order valence-corrected chi connectivity index (χ4v) is 2.91. The zero-order chi connectivity index (χ0) is 17.2. The van der Waals surface area contributed by atoms with E-state index in [9.17, 15) is 9.18 Å². The average molecular weight is 338 g/mol. The van der Waals surface area contributed by atoms with Gasteiger partial charge in [0.15, 0.2) is 0 Å². The van der Waals surface area contributed by atoms with Gasteiger partial charge >= 0.3 is 6.03 Å². The van der Waals surface area contributed by atoms with Crippen LogP contribution in [-0.2, 0) is 13.1 Å². The summed E-state index contributed by atoms with van der Waals surface area (Å²) in [7, 11) is 0. The number of urea groups is 1. The van der Waals surface area contributed by atoms with Gasteiger partial charge in [-0.2, -0.15) is 0 Å². The number of carbonyl (C=O) groups excluding carboxylic acids is 1. The number of hydrogen-bond donors (Lipinski definition) is 1. The number of aromatic nitrogens is 2. The molecule has 0 unspecified atom stereocenters. The number of benzene rings is 1. The summed E-state index contributed by atoms with van der Waals surface area (Å²) in [6.07, 6.45) is 5.83. The third-order valence-corrected chi connectivity index (χ3v) is 4.43. The quantitative estimate of drug-likeness (QED) is 0.776. The number of halogens is 1. The Morgan fingerprint density at radius 2 is 2.04 bits per heavy atom. The maximum atomic E-state index is 13.0. The second kappa shape index (κ2) is 6.55. The molecule has 1 saturated carbocycles. The Morgan fingerprint density at radius 1 is 1.24 bits per heavy atom. The molecule has 0 radical (unpaired) electrons. The van der Waals surface area contributed by atoms with Crippen molar-refractivity contribution in [3.63, 3.8) is 0 Å². The lowest BCUT2D eigenvalue weighted by Gasteiger charge is -2.22. The zero-order valence-electron chi connectivity index (χ0n) is 13.7. The van der Waals surface area contributed by atoms with E-state index in [1.54, 1.807) is 12.1 Å².